The van der Waals surface area contributed by atoms with Crippen LogP contribution in [0.1, 0.15) is 43.0 Å². The van der Waals surface area contributed by atoms with Crippen LogP contribution in [0.15, 0.2) is 72.3 Å². The van der Waals surface area contributed by atoms with Gasteiger partial charge in [0.05, 0.1) is 13.2 Å². The third-order valence-electron chi connectivity index (χ3n) is 5.69. The molecule has 2 unspecified atom stereocenters. The molecule has 0 amide bonds. The number of ether oxygens (including phenoxy) is 1. The van der Waals surface area contributed by atoms with E-state index < -0.39 is 11.2 Å². The maximum atomic E-state index is 12.1. The summed E-state index contributed by atoms with van der Waals surface area (Å²) in [6.07, 6.45) is 5.51. The molecular formula is C24H26O3. The molecule has 140 valence electrons. The highest BCUT2D eigenvalue weighted by Crippen LogP contribution is 2.50. The van der Waals surface area contributed by atoms with Gasteiger partial charge >= 0.3 is 0 Å². The van der Waals surface area contributed by atoms with Gasteiger partial charge in [-0.25, -0.2) is 0 Å². The van der Waals surface area contributed by atoms with Gasteiger partial charge in [0.2, 0.25) is 0 Å². The third kappa shape index (κ3) is 2.78. The summed E-state index contributed by atoms with van der Waals surface area (Å²) in [5.74, 6) is 0. The summed E-state index contributed by atoms with van der Waals surface area (Å²) in [7, 11) is 0. The predicted molar refractivity (Wildman–Crippen MR) is 106 cm³/mol. The molecule has 2 atom stereocenters. The summed E-state index contributed by atoms with van der Waals surface area (Å²) >= 11 is 0. The van der Waals surface area contributed by atoms with E-state index in [1.54, 1.807) is 6.08 Å². The minimum Gasteiger partial charge on any atom is -0.377 e. The van der Waals surface area contributed by atoms with Gasteiger partial charge in [0.1, 0.15) is 11.2 Å². The summed E-state index contributed by atoms with van der Waals surface area (Å²) < 4.78 is 5.93. The highest BCUT2D eigenvalue weighted by molar-refractivity contribution is 5.52. The molecule has 0 saturated heterocycles. The van der Waals surface area contributed by atoms with Crippen LogP contribution in [0, 0.1) is 5.41 Å². The first kappa shape index (κ1) is 18.2. The van der Waals surface area contributed by atoms with Crippen LogP contribution >= 0.6 is 0 Å². The molecule has 3 nitrogen and oxygen atoms in total. The van der Waals surface area contributed by atoms with Crippen molar-refractivity contribution >= 4 is 0 Å². The van der Waals surface area contributed by atoms with E-state index in [1.165, 1.54) is 0 Å². The fourth-order valence-electron chi connectivity index (χ4n) is 4.07. The van der Waals surface area contributed by atoms with Gasteiger partial charge in [0.25, 0.3) is 0 Å². The molecule has 0 saturated carbocycles. The first-order chi connectivity index (χ1) is 12.8. The van der Waals surface area contributed by atoms with Crippen molar-refractivity contribution in [3.05, 3.63) is 94.6 Å². The quantitative estimate of drug-likeness (QED) is 0.733. The summed E-state index contributed by atoms with van der Waals surface area (Å²) in [5, 5.41) is 24.0. The largest absolute Gasteiger partial charge is 0.377 e. The van der Waals surface area contributed by atoms with Gasteiger partial charge in [-0.2, -0.15) is 0 Å². The molecule has 0 bridgehead atoms. The van der Waals surface area contributed by atoms with Crippen molar-refractivity contribution in [3.63, 3.8) is 0 Å². The van der Waals surface area contributed by atoms with Gasteiger partial charge in [-0.15, -0.1) is 0 Å². The Labute approximate surface area is 160 Å². The Balaban J connectivity index is 2.05. The molecule has 0 aromatic heterocycles. The van der Waals surface area contributed by atoms with Crippen LogP contribution in [-0.2, 0) is 29.2 Å². The molecule has 0 radical (unpaired) electrons. The Kier molecular flexibility index (Phi) is 4.15. The van der Waals surface area contributed by atoms with Crippen LogP contribution in [-0.4, -0.2) is 10.2 Å². The predicted octanol–water partition coefficient (Wildman–Crippen LogP) is 4.33. The number of aliphatic hydroxyl groups is 2. The molecule has 1 aliphatic carbocycles. The summed E-state index contributed by atoms with van der Waals surface area (Å²) in [6, 6.07) is 15.3. The van der Waals surface area contributed by atoms with Crippen molar-refractivity contribution < 1.29 is 14.9 Å². The molecule has 2 aromatic carbocycles. The lowest BCUT2D eigenvalue weighted by Gasteiger charge is -2.45. The topological polar surface area (TPSA) is 49.7 Å². The Morgan fingerprint density at radius 1 is 0.815 bits per heavy atom. The fourth-order valence-corrected chi connectivity index (χ4v) is 4.07. The lowest BCUT2D eigenvalue weighted by atomic mass is 9.66. The maximum absolute atomic E-state index is 12.1. The van der Waals surface area contributed by atoms with Gasteiger partial charge in [0.15, 0.2) is 0 Å². The first-order valence-electron chi connectivity index (χ1n) is 9.37. The normalized spacial score (nSPS) is 27.4. The standard InChI is InChI=1S/C24H26O3/c1-22(2,3)19-12-13-23(25)20-10-6-4-8-17(20)15-27-16-18-9-5-7-11-21(18)24(23,26)14-19/h4-14,25-26H,15-16H2,1-3H3. The number of rotatable bonds is 0. The van der Waals surface area contributed by atoms with E-state index >= 15 is 0 Å². The minimum atomic E-state index is -1.59. The van der Waals surface area contributed by atoms with E-state index in [1.807, 2.05) is 60.7 Å². The zero-order chi connectivity index (χ0) is 19.3. The molecule has 0 spiro atoms. The zero-order valence-electron chi connectivity index (χ0n) is 16.1. The van der Waals surface area contributed by atoms with Gasteiger partial charge in [-0.05, 0) is 45.4 Å². The van der Waals surface area contributed by atoms with E-state index in [2.05, 4.69) is 20.8 Å². The van der Waals surface area contributed by atoms with E-state index in [9.17, 15) is 10.2 Å². The van der Waals surface area contributed by atoms with Crippen LogP contribution in [0.5, 0.6) is 0 Å². The lowest BCUT2D eigenvalue weighted by Crippen LogP contribution is -2.49. The Hall–Kier alpha value is -2.20. The smallest absolute Gasteiger partial charge is 0.145 e. The monoisotopic (exact) mass is 362 g/mol. The molecule has 1 heterocycles. The molecule has 2 aliphatic rings. The van der Waals surface area contributed by atoms with E-state index in [4.69, 9.17) is 4.74 Å². The van der Waals surface area contributed by atoms with E-state index in [0.717, 1.165) is 16.7 Å². The van der Waals surface area contributed by atoms with Crippen LogP contribution in [0.3, 0.4) is 0 Å². The molecule has 27 heavy (non-hydrogen) atoms. The van der Waals surface area contributed by atoms with E-state index in [-0.39, 0.29) is 5.41 Å². The van der Waals surface area contributed by atoms with Crippen LogP contribution < -0.4 is 0 Å². The highest BCUT2D eigenvalue weighted by Gasteiger charge is 2.53. The van der Waals surface area contributed by atoms with Crippen molar-refractivity contribution in [2.75, 3.05) is 0 Å². The van der Waals surface area contributed by atoms with Crippen LogP contribution in [0.25, 0.3) is 0 Å². The number of hydrogen-bond acceptors (Lipinski definition) is 3. The zero-order valence-corrected chi connectivity index (χ0v) is 16.1. The van der Waals surface area contributed by atoms with Crippen molar-refractivity contribution in [2.24, 2.45) is 5.41 Å². The summed E-state index contributed by atoms with van der Waals surface area (Å²) in [6.45, 7) is 7.08. The van der Waals surface area contributed by atoms with Crippen LogP contribution in [0.2, 0.25) is 0 Å². The van der Waals surface area contributed by atoms with Crippen molar-refractivity contribution in [1.29, 1.82) is 0 Å². The number of fused-ring (bicyclic) bond motifs is 5. The maximum Gasteiger partial charge on any atom is 0.145 e. The second-order valence-electron chi connectivity index (χ2n) is 8.52. The molecule has 3 heteroatoms. The first-order valence-corrected chi connectivity index (χ1v) is 9.37. The molecular weight excluding hydrogens is 336 g/mol. The summed E-state index contributed by atoms with van der Waals surface area (Å²) in [4.78, 5) is 0. The molecule has 0 fully saturated rings. The summed E-state index contributed by atoms with van der Waals surface area (Å²) in [5.41, 5.74) is 0.765. The molecule has 2 aromatic rings. The van der Waals surface area contributed by atoms with E-state index in [0.29, 0.717) is 24.3 Å². The Morgan fingerprint density at radius 3 is 1.89 bits per heavy atom. The highest BCUT2D eigenvalue weighted by atomic mass is 16.5. The number of benzene rings is 2. The third-order valence-corrected chi connectivity index (χ3v) is 5.69. The average Bonchev–Trinajstić information content (AvgIpc) is 2.67. The van der Waals surface area contributed by atoms with Gasteiger partial charge in [-0.1, -0.05) is 75.4 Å². The molecule has 2 N–H and O–H groups in total. The second-order valence-corrected chi connectivity index (χ2v) is 8.52. The average molecular weight is 362 g/mol. The van der Waals surface area contributed by atoms with Gasteiger partial charge in [0, 0.05) is 0 Å². The molecule has 4 rings (SSSR count). The Bertz CT molecular complexity index is 935. The molecule has 1 aliphatic heterocycles. The van der Waals surface area contributed by atoms with Crippen molar-refractivity contribution in [3.8, 4) is 0 Å². The SMILES string of the molecule is CC(C)(C)C1=CC2(O)c3ccccc3COCc3ccccc3C2(O)C=C1. The van der Waals surface area contributed by atoms with Gasteiger partial charge < -0.3 is 14.9 Å². The van der Waals surface area contributed by atoms with Crippen molar-refractivity contribution in [2.45, 2.75) is 45.2 Å². The van der Waals surface area contributed by atoms with Crippen molar-refractivity contribution in [1.82, 2.24) is 0 Å². The van der Waals surface area contributed by atoms with Gasteiger partial charge in [-0.3, -0.25) is 0 Å². The Morgan fingerprint density at radius 2 is 1.33 bits per heavy atom. The number of hydrogen-bond donors (Lipinski definition) is 2. The second kappa shape index (κ2) is 6.16. The van der Waals surface area contributed by atoms with Crippen LogP contribution in [0.4, 0.5) is 0 Å². The minimum absolute atomic E-state index is 0.156. The lowest BCUT2D eigenvalue weighted by molar-refractivity contribution is -0.106. The fraction of sp³-hybridized carbons (Fsp3) is 0.333. The number of allylic oxidation sites excluding steroid dienone is 2.